The van der Waals surface area contributed by atoms with Crippen LogP contribution in [0.1, 0.15) is 36.8 Å². The summed E-state index contributed by atoms with van der Waals surface area (Å²) in [5.41, 5.74) is 2.30. The minimum Gasteiger partial charge on any atom is -0.379 e. The molecule has 0 amide bonds. The number of hydrogen-bond acceptors (Lipinski definition) is 5. The molecule has 0 bridgehead atoms. The predicted molar refractivity (Wildman–Crippen MR) is 127 cm³/mol. The SMILES string of the molecule is O=[P+](O)OCCCNCc1ccc(SCCCCC2(c3ccc(F)cc3)COC2)c(Cl)c1. The molecule has 1 aliphatic heterocycles. The third-order valence-corrected chi connectivity index (χ3v) is 7.53. The smallest absolute Gasteiger partial charge is 0.379 e. The van der Waals surface area contributed by atoms with Crippen LogP contribution >= 0.6 is 31.6 Å². The molecule has 1 atom stereocenters. The standard InChI is InChI=1S/C23H28ClFNO4PS/c24-21-14-18(15-26-11-3-12-30-31(27)28)4-9-22(21)32-13-2-1-10-23(16-29-17-23)19-5-7-20(25)8-6-19/h4-9,14,26H,1-3,10-13,15-17H2/p+1. The van der Waals surface area contributed by atoms with Crippen molar-refractivity contribution in [1.82, 2.24) is 5.32 Å². The molecule has 1 saturated heterocycles. The Kier molecular flexibility index (Phi) is 10.4. The summed E-state index contributed by atoms with van der Waals surface area (Å²) in [4.78, 5) is 9.65. The van der Waals surface area contributed by atoms with Gasteiger partial charge in [-0.25, -0.2) is 4.39 Å². The third kappa shape index (κ3) is 7.77. The van der Waals surface area contributed by atoms with Gasteiger partial charge >= 0.3 is 8.25 Å². The summed E-state index contributed by atoms with van der Waals surface area (Å²) < 4.78 is 33.8. The average Bonchev–Trinajstić information content (AvgIpc) is 2.74. The summed E-state index contributed by atoms with van der Waals surface area (Å²) in [6, 6.07) is 12.9. The van der Waals surface area contributed by atoms with Crippen molar-refractivity contribution < 1.29 is 23.1 Å². The lowest BCUT2D eigenvalue weighted by molar-refractivity contribution is -0.0652. The molecule has 5 nitrogen and oxygen atoms in total. The molecule has 0 spiro atoms. The molecule has 2 aromatic rings. The van der Waals surface area contributed by atoms with Crippen LogP contribution in [-0.2, 0) is 25.8 Å². The fraction of sp³-hybridized carbons (Fsp3) is 0.478. The topological polar surface area (TPSA) is 67.8 Å². The molecule has 2 aromatic carbocycles. The first-order valence-electron chi connectivity index (χ1n) is 10.7. The molecule has 2 N–H and O–H groups in total. The Bertz CT molecular complexity index is 883. The fourth-order valence-corrected chi connectivity index (χ4v) is 5.28. The van der Waals surface area contributed by atoms with Crippen molar-refractivity contribution in [1.29, 1.82) is 0 Å². The largest absolute Gasteiger partial charge is 0.694 e. The molecule has 1 aliphatic rings. The fourth-order valence-electron chi connectivity index (χ4n) is 3.70. The minimum absolute atomic E-state index is 0.0342. The van der Waals surface area contributed by atoms with E-state index in [0.717, 1.165) is 40.5 Å². The van der Waals surface area contributed by atoms with E-state index >= 15 is 0 Å². The van der Waals surface area contributed by atoms with Gasteiger partial charge in [-0.3, -0.25) is 0 Å². The number of unbranched alkanes of at least 4 members (excludes halogenated alkanes) is 1. The first-order valence-corrected chi connectivity index (χ1v) is 13.2. The van der Waals surface area contributed by atoms with Gasteiger partial charge in [0.05, 0.1) is 18.2 Å². The highest BCUT2D eigenvalue weighted by Gasteiger charge is 2.39. The molecular weight excluding hydrogens is 472 g/mol. The predicted octanol–water partition coefficient (Wildman–Crippen LogP) is 5.86. The molecule has 0 radical (unpaired) electrons. The number of benzene rings is 2. The van der Waals surface area contributed by atoms with E-state index in [4.69, 9.17) is 21.2 Å². The van der Waals surface area contributed by atoms with Gasteiger partial charge in [0, 0.05) is 21.4 Å². The third-order valence-electron chi connectivity index (χ3n) is 5.55. The van der Waals surface area contributed by atoms with Gasteiger partial charge in [0.2, 0.25) is 0 Å². The highest BCUT2D eigenvalue weighted by molar-refractivity contribution is 7.99. The Morgan fingerprint density at radius 3 is 2.62 bits per heavy atom. The number of ether oxygens (including phenoxy) is 1. The molecule has 0 aliphatic carbocycles. The van der Waals surface area contributed by atoms with Crippen molar-refractivity contribution in [3.05, 3.63) is 64.4 Å². The molecule has 32 heavy (non-hydrogen) atoms. The lowest BCUT2D eigenvalue weighted by atomic mass is 9.75. The summed E-state index contributed by atoms with van der Waals surface area (Å²) in [7, 11) is -2.51. The number of halogens is 2. The van der Waals surface area contributed by atoms with Crippen LogP contribution in [0.4, 0.5) is 4.39 Å². The van der Waals surface area contributed by atoms with E-state index in [1.54, 1.807) is 11.8 Å². The highest BCUT2D eigenvalue weighted by Crippen LogP contribution is 2.38. The van der Waals surface area contributed by atoms with Crippen molar-refractivity contribution in [2.45, 2.75) is 42.5 Å². The van der Waals surface area contributed by atoms with Crippen LogP contribution in [0, 0.1) is 5.82 Å². The Labute approximate surface area is 199 Å². The first kappa shape index (κ1) is 25.6. The summed E-state index contributed by atoms with van der Waals surface area (Å²) in [6.45, 7) is 3.06. The number of rotatable bonds is 14. The van der Waals surface area contributed by atoms with Gasteiger partial charge < -0.3 is 10.1 Å². The van der Waals surface area contributed by atoms with E-state index in [-0.39, 0.29) is 17.8 Å². The zero-order valence-corrected chi connectivity index (χ0v) is 20.4. The molecule has 174 valence electrons. The van der Waals surface area contributed by atoms with Crippen LogP contribution in [0.25, 0.3) is 0 Å². The summed E-state index contributed by atoms with van der Waals surface area (Å²) >= 11 is 8.23. The lowest BCUT2D eigenvalue weighted by Crippen LogP contribution is -2.46. The maximum atomic E-state index is 13.2. The minimum atomic E-state index is -2.51. The van der Waals surface area contributed by atoms with Crippen molar-refractivity contribution in [2.24, 2.45) is 0 Å². The quantitative estimate of drug-likeness (QED) is 0.192. The van der Waals surface area contributed by atoms with Gasteiger partial charge in [0.25, 0.3) is 0 Å². The zero-order valence-electron chi connectivity index (χ0n) is 17.9. The Hall–Kier alpha value is -1.05. The number of nitrogens with one attached hydrogen (secondary N) is 1. The van der Waals surface area contributed by atoms with Gasteiger partial charge in [0.1, 0.15) is 12.4 Å². The van der Waals surface area contributed by atoms with Gasteiger partial charge in [-0.05, 0) is 67.0 Å². The van der Waals surface area contributed by atoms with Crippen LogP contribution < -0.4 is 5.32 Å². The number of hydrogen-bond donors (Lipinski definition) is 2. The van der Waals surface area contributed by atoms with Gasteiger partial charge in [-0.15, -0.1) is 21.2 Å². The highest BCUT2D eigenvalue weighted by atomic mass is 35.5. The first-order chi connectivity index (χ1) is 15.5. The van der Waals surface area contributed by atoms with Crippen molar-refractivity contribution >= 4 is 31.6 Å². The molecule has 0 saturated carbocycles. The maximum Gasteiger partial charge on any atom is 0.694 e. The van der Waals surface area contributed by atoms with Gasteiger partial charge in [-0.2, -0.15) is 0 Å². The molecular formula is C23H29ClFNO4PS+. The second-order valence-electron chi connectivity index (χ2n) is 7.95. The summed E-state index contributed by atoms with van der Waals surface area (Å²) in [6.07, 6.45) is 3.87. The summed E-state index contributed by atoms with van der Waals surface area (Å²) in [5, 5.41) is 4.03. The molecule has 1 fully saturated rings. The number of thioether (sulfide) groups is 1. The van der Waals surface area contributed by atoms with E-state index in [1.807, 2.05) is 18.2 Å². The Morgan fingerprint density at radius 1 is 1.19 bits per heavy atom. The van der Waals surface area contributed by atoms with E-state index in [0.29, 0.717) is 32.7 Å². The monoisotopic (exact) mass is 500 g/mol. The van der Waals surface area contributed by atoms with Crippen molar-refractivity contribution in [3.8, 4) is 0 Å². The lowest BCUT2D eigenvalue weighted by Gasteiger charge is -2.42. The van der Waals surface area contributed by atoms with E-state index in [9.17, 15) is 8.96 Å². The zero-order chi connectivity index (χ0) is 22.8. The van der Waals surface area contributed by atoms with Gasteiger partial charge in [0.15, 0.2) is 0 Å². The van der Waals surface area contributed by atoms with Crippen LogP contribution in [0.15, 0.2) is 47.4 Å². The molecule has 9 heteroatoms. The van der Waals surface area contributed by atoms with Crippen LogP contribution in [-0.4, -0.2) is 37.0 Å². The van der Waals surface area contributed by atoms with Crippen molar-refractivity contribution in [2.75, 3.05) is 32.1 Å². The van der Waals surface area contributed by atoms with Crippen LogP contribution in [0.2, 0.25) is 5.02 Å². The second-order valence-corrected chi connectivity index (χ2v) is 10.2. The molecule has 3 rings (SSSR count). The second kappa shape index (κ2) is 13.0. The van der Waals surface area contributed by atoms with Crippen molar-refractivity contribution in [3.63, 3.8) is 0 Å². The van der Waals surface area contributed by atoms with Gasteiger partial charge in [-0.1, -0.05) is 36.2 Å². The molecule has 1 unspecified atom stereocenters. The van der Waals surface area contributed by atoms with E-state index in [2.05, 4.69) is 22.0 Å². The Morgan fingerprint density at radius 2 is 1.97 bits per heavy atom. The van der Waals surface area contributed by atoms with E-state index < -0.39 is 8.25 Å². The van der Waals surface area contributed by atoms with Crippen LogP contribution in [0.3, 0.4) is 0 Å². The summed E-state index contributed by atoms with van der Waals surface area (Å²) in [5.74, 6) is 0.788. The normalized spacial score (nSPS) is 15.4. The van der Waals surface area contributed by atoms with Crippen LogP contribution in [0.5, 0.6) is 0 Å². The van der Waals surface area contributed by atoms with E-state index in [1.165, 1.54) is 17.7 Å². The Balaban J connectivity index is 1.35. The molecule has 1 heterocycles. The molecule has 0 aromatic heterocycles. The maximum absolute atomic E-state index is 13.2. The average molecular weight is 501 g/mol.